The molecule has 6 nitrogen and oxygen atoms in total. The third-order valence-electron chi connectivity index (χ3n) is 5.33. The van der Waals surface area contributed by atoms with Crippen molar-refractivity contribution in [3.8, 4) is 5.75 Å². The van der Waals surface area contributed by atoms with Crippen LogP contribution in [0.25, 0.3) is 0 Å². The third kappa shape index (κ3) is 3.87. The minimum Gasteiger partial charge on any atom is -0.508 e. The van der Waals surface area contributed by atoms with E-state index in [1.54, 1.807) is 18.2 Å². The predicted molar refractivity (Wildman–Crippen MR) is 117 cm³/mol. The lowest BCUT2D eigenvalue weighted by Crippen LogP contribution is -2.37. The molecule has 0 fully saturated rings. The van der Waals surface area contributed by atoms with Crippen LogP contribution in [0.5, 0.6) is 5.75 Å². The second kappa shape index (κ2) is 8.03. The molecule has 1 aliphatic heterocycles. The first-order chi connectivity index (χ1) is 14.1. The summed E-state index contributed by atoms with van der Waals surface area (Å²) in [6, 6.07) is 3.76. The van der Waals surface area contributed by atoms with Crippen LogP contribution in [0.3, 0.4) is 0 Å². The highest BCUT2D eigenvalue weighted by atomic mass is 35.5. The summed E-state index contributed by atoms with van der Waals surface area (Å²) >= 11 is 6.48. The number of ketones is 1. The van der Waals surface area contributed by atoms with E-state index in [0.29, 0.717) is 41.1 Å². The van der Waals surface area contributed by atoms with Gasteiger partial charge in [-0.3, -0.25) is 14.5 Å². The lowest BCUT2D eigenvalue weighted by atomic mass is 9.73. The molecular weight excluding hydrogens is 402 g/mol. The van der Waals surface area contributed by atoms with Gasteiger partial charge in [-0.05, 0) is 35.6 Å². The van der Waals surface area contributed by atoms with Crippen LogP contribution in [0, 0.1) is 5.41 Å². The summed E-state index contributed by atoms with van der Waals surface area (Å²) in [7, 11) is 0. The fourth-order valence-corrected chi connectivity index (χ4v) is 4.46. The normalized spacial score (nSPS) is 23.8. The van der Waals surface area contributed by atoms with Gasteiger partial charge in [-0.2, -0.15) is 0 Å². The molecule has 1 aromatic carbocycles. The van der Waals surface area contributed by atoms with Crippen molar-refractivity contribution in [1.82, 2.24) is 10.2 Å². The van der Waals surface area contributed by atoms with E-state index in [2.05, 4.69) is 11.9 Å². The molecule has 4 N–H and O–H groups in total. The molecule has 0 aromatic heterocycles. The number of amides is 1. The number of benzene rings is 1. The SMILES string of the molecule is C=C/C=C1\C(=C/N)NC2=C(C(=O)CC(C)(C)C2)C(c2ccc(O)cc2Cl)N1C(C)=O. The van der Waals surface area contributed by atoms with E-state index >= 15 is 0 Å². The van der Waals surface area contributed by atoms with Gasteiger partial charge in [-0.25, -0.2) is 0 Å². The Labute approximate surface area is 181 Å². The topological polar surface area (TPSA) is 95.7 Å². The molecule has 1 heterocycles. The van der Waals surface area contributed by atoms with Gasteiger partial charge < -0.3 is 16.2 Å². The fraction of sp³-hybridized carbons (Fsp3) is 0.304. The number of phenolic OH excluding ortho intramolecular Hbond substituents is 1. The van der Waals surface area contributed by atoms with E-state index in [1.165, 1.54) is 30.2 Å². The zero-order chi connectivity index (χ0) is 22.2. The average molecular weight is 428 g/mol. The molecule has 0 spiro atoms. The van der Waals surface area contributed by atoms with Crippen molar-refractivity contribution in [2.45, 2.75) is 39.7 Å². The fourth-order valence-electron chi connectivity index (χ4n) is 4.18. The molecule has 1 aromatic rings. The van der Waals surface area contributed by atoms with E-state index in [0.717, 1.165) is 0 Å². The number of Topliss-reactive ketones (excluding diaryl/α,β-unsaturated/α-hetero) is 1. The van der Waals surface area contributed by atoms with Crippen molar-refractivity contribution in [2.75, 3.05) is 0 Å². The molecule has 0 saturated carbocycles. The number of nitrogens with zero attached hydrogens (tertiary/aromatic N) is 1. The molecule has 2 aliphatic rings. The van der Waals surface area contributed by atoms with Gasteiger partial charge in [-0.1, -0.05) is 44.2 Å². The standard InChI is InChI=1S/C23H26ClN3O3/c1-5-6-19-18(12-25)26-17-10-23(3,4)11-20(30)21(17)22(27(19)13(2)28)15-8-7-14(29)9-16(15)24/h5-9,12,22,26,29H,1,10-11,25H2,2-4H3/b18-12+,19-6+. The minimum atomic E-state index is -0.773. The highest BCUT2D eigenvalue weighted by Crippen LogP contribution is 2.47. The molecule has 0 radical (unpaired) electrons. The van der Waals surface area contributed by atoms with Crippen LogP contribution in [0.4, 0.5) is 0 Å². The third-order valence-corrected chi connectivity index (χ3v) is 5.66. The molecule has 3 rings (SSSR count). The second-order valence-corrected chi connectivity index (χ2v) is 8.73. The van der Waals surface area contributed by atoms with Gasteiger partial charge >= 0.3 is 0 Å². The number of rotatable bonds is 2. The van der Waals surface area contributed by atoms with Gasteiger partial charge in [0.25, 0.3) is 0 Å². The monoisotopic (exact) mass is 427 g/mol. The van der Waals surface area contributed by atoms with Gasteiger partial charge in [0.2, 0.25) is 5.91 Å². The van der Waals surface area contributed by atoms with Crippen LogP contribution < -0.4 is 11.1 Å². The van der Waals surface area contributed by atoms with Crippen molar-refractivity contribution >= 4 is 23.3 Å². The Morgan fingerprint density at radius 3 is 2.67 bits per heavy atom. The van der Waals surface area contributed by atoms with E-state index in [4.69, 9.17) is 17.3 Å². The van der Waals surface area contributed by atoms with Crippen LogP contribution in [-0.2, 0) is 9.59 Å². The highest BCUT2D eigenvalue weighted by molar-refractivity contribution is 6.31. The van der Waals surface area contributed by atoms with Crippen LogP contribution in [0.1, 0.15) is 45.2 Å². The second-order valence-electron chi connectivity index (χ2n) is 8.32. The van der Waals surface area contributed by atoms with Crippen molar-refractivity contribution in [3.05, 3.63) is 76.4 Å². The zero-order valence-corrected chi connectivity index (χ0v) is 18.1. The summed E-state index contributed by atoms with van der Waals surface area (Å²) in [6.45, 7) is 9.23. The minimum absolute atomic E-state index is 0.000390. The average Bonchev–Trinajstić information content (AvgIpc) is 2.76. The quantitative estimate of drug-likeness (QED) is 0.661. The van der Waals surface area contributed by atoms with Crippen molar-refractivity contribution in [1.29, 1.82) is 0 Å². The molecule has 1 amide bonds. The summed E-state index contributed by atoms with van der Waals surface area (Å²) in [5.41, 5.74) is 8.37. The van der Waals surface area contributed by atoms with Crippen LogP contribution in [0.15, 0.2) is 65.8 Å². The van der Waals surface area contributed by atoms with Crippen LogP contribution in [-0.4, -0.2) is 21.7 Å². The summed E-state index contributed by atoms with van der Waals surface area (Å²) in [5, 5.41) is 13.4. The maximum Gasteiger partial charge on any atom is 0.224 e. The Morgan fingerprint density at radius 1 is 1.40 bits per heavy atom. The molecule has 7 heteroatoms. The number of carbonyl (C=O) groups excluding carboxylic acids is 2. The number of allylic oxidation sites excluding steroid dienone is 3. The number of halogens is 1. The van der Waals surface area contributed by atoms with Gasteiger partial charge in [0, 0.05) is 35.8 Å². The van der Waals surface area contributed by atoms with Gasteiger partial charge in [0.15, 0.2) is 5.78 Å². The summed E-state index contributed by atoms with van der Waals surface area (Å²) < 4.78 is 0. The van der Waals surface area contributed by atoms with E-state index in [9.17, 15) is 14.7 Å². The highest BCUT2D eigenvalue weighted by Gasteiger charge is 2.43. The Kier molecular flexibility index (Phi) is 5.81. The lowest BCUT2D eigenvalue weighted by molar-refractivity contribution is -0.128. The van der Waals surface area contributed by atoms with Gasteiger partial charge in [-0.15, -0.1) is 0 Å². The first-order valence-corrected chi connectivity index (χ1v) is 10.0. The summed E-state index contributed by atoms with van der Waals surface area (Å²) in [5.74, 6) is -0.352. The number of aromatic hydroxyl groups is 1. The predicted octanol–water partition coefficient (Wildman–Crippen LogP) is 4.05. The molecule has 0 bridgehead atoms. The van der Waals surface area contributed by atoms with E-state index in [-0.39, 0.29) is 27.9 Å². The lowest BCUT2D eigenvalue weighted by Gasteiger charge is -2.37. The van der Waals surface area contributed by atoms with Crippen molar-refractivity contribution in [3.63, 3.8) is 0 Å². The number of hydrogen-bond donors (Lipinski definition) is 3. The molecule has 1 atom stereocenters. The Hall–Kier alpha value is -2.99. The molecule has 1 unspecified atom stereocenters. The summed E-state index contributed by atoms with van der Waals surface area (Å²) in [4.78, 5) is 27.8. The van der Waals surface area contributed by atoms with Gasteiger partial charge in [0.05, 0.1) is 17.4 Å². The van der Waals surface area contributed by atoms with Crippen molar-refractivity contribution in [2.24, 2.45) is 11.1 Å². The maximum absolute atomic E-state index is 13.4. The number of carbonyl (C=O) groups is 2. The molecular formula is C23H26ClN3O3. The summed E-state index contributed by atoms with van der Waals surface area (Å²) in [6.07, 6.45) is 5.55. The molecule has 0 saturated heterocycles. The molecule has 158 valence electrons. The Morgan fingerprint density at radius 2 is 2.10 bits per heavy atom. The van der Waals surface area contributed by atoms with Gasteiger partial charge in [0.1, 0.15) is 5.75 Å². The maximum atomic E-state index is 13.4. The zero-order valence-electron chi connectivity index (χ0n) is 17.3. The first-order valence-electron chi connectivity index (χ1n) is 9.66. The number of phenols is 1. The molecule has 1 aliphatic carbocycles. The molecule has 30 heavy (non-hydrogen) atoms. The van der Waals surface area contributed by atoms with Crippen LogP contribution >= 0.6 is 11.6 Å². The Bertz CT molecular complexity index is 1020. The number of nitrogens with one attached hydrogen (secondary N) is 1. The largest absolute Gasteiger partial charge is 0.508 e. The first kappa shape index (κ1) is 21.7. The smallest absolute Gasteiger partial charge is 0.224 e. The van der Waals surface area contributed by atoms with E-state index < -0.39 is 6.04 Å². The van der Waals surface area contributed by atoms with Crippen molar-refractivity contribution < 1.29 is 14.7 Å². The Balaban J connectivity index is 2.39. The number of hydrogen-bond acceptors (Lipinski definition) is 5. The van der Waals surface area contributed by atoms with Crippen LogP contribution in [0.2, 0.25) is 5.02 Å². The van der Waals surface area contributed by atoms with E-state index in [1.807, 2.05) is 13.8 Å². The number of nitrogens with two attached hydrogens (primary N) is 1.